The Morgan fingerprint density at radius 3 is 2.61 bits per heavy atom. The van der Waals surface area contributed by atoms with Crippen LogP contribution in [0.1, 0.15) is 24.0 Å². The smallest absolute Gasteiger partial charge is 0.344 e. The first-order valence-corrected chi connectivity index (χ1v) is 9.56. The van der Waals surface area contributed by atoms with Gasteiger partial charge in [0, 0.05) is 23.1 Å². The number of benzene rings is 1. The van der Waals surface area contributed by atoms with Crippen LogP contribution >= 0.6 is 23.5 Å². The summed E-state index contributed by atoms with van der Waals surface area (Å²) in [6, 6.07) is 7.74. The summed E-state index contributed by atoms with van der Waals surface area (Å²) in [5.74, 6) is 2.08. The van der Waals surface area contributed by atoms with E-state index in [2.05, 4.69) is 5.32 Å². The van der Waals surface area contributed by atoms with E-state index >= 15 is 0 Å². The van der Waals surface area contributed by atoms with Crippen molar-refractivity contribution in [2.24, 2.45) is 0 Å². The fourth-order valence-corrected chi connectivity index (χ4v) is 4.94. The van der Waals surface area contributed by atoms with E-state index in [9.17, 15) is 9.59 Å². The second kappa shape index (κ2) is 9.08. The Labute approximate surface area is 144 Å². The summed E-state index contributed by atoms with van der Waals surface area (Å²) < 4.78 is 10.8. The molecule has 0 unspecified atom stereocenters. The second-order valence-corrected chi connectivity index (χ2v) is 8.01. The monoisotopic (exact) mass is 355 g/mol. The van der Waals surface area contributed by atoms with Crippen LogP contribution in [-0.4, -0.2) is 42.6 Å². The van der Waals surface area contributed by atoms with Crippen LogP contribution in [0.2, 0.25) is 0 Å². The van der Waals surface area contributed by atoms with Crippen molar-refractivity contribution in [1.82, 2.24) is 5.32 Å². The Kier molecular flexibility index (Phi) is 7.11. The maximum atomic E-state index is 11.7. The standard InChI is InChI=1S/C16H21NO4S2/c1-11(2)17-14(18)9-21-15(19)10-20-13-6-4-3-5-12(13)16-22-7-8-23-16/h3-6,11,16H,7-10H2,1-2H3,(H,17,18). The van der Waals surface area contributed by atoms with Gasteiger partial charge in [-0.3, -0.25) is 4.79 Å². The molecule has 1 saturated heterocycles. The largest absolute Gasteiger partial charge is 0.482 e. The number of carbonyl (C=O) groups excluding carboxylic acids is 2. The molecule has 0 atom stereocenters. The number of hydrogen-bond donors (Lipinski definition) is 1. The number of para-hydroxylation sites is 1. The molecule has 5 nitrogen and oxygen atoms in total. The highest BCUT2D eigenvalue weighted by molar-refractivity contribution is 8.19. The van der Waals surface area contributed by atoms with E-state index in [0.29, 0.717) is 10.3 Å². The molecular weight excluding hydrogens is 334 g/mol. The topological polar surface area (TPSA) is 64.6 Å². The average Bonchev–Trinajstić information content (AvgIpc) is 3.05. The highest BCUT2D eigenvalue weighted by Crippen LogP contribution is 2.48. The van der Waals surface area contributed by atoms with E-state index in [4.69, 9.17) is 9.47 Å². The zero-order valence-electron chi connectivity index (χ0n) is 13.2. The van der Waals surface area contributed by atoms with Gasteiger partial charge in [-0.1, -0.05) is 18.2 Å². The van der Waals surface area contributed by atoms with Crippen molar-refractivity contribution >= 4 is 35.4 Å². The Bertz CT molecular complexity index is 545. The molecule has 1 aliphatic rings. The minimum Gasteiger partial charge on any atom is -0.482 e. The van der Waals surface area contributed by atoms with Gasteiger partial charge in [0.1, 0.15) is 5.75 Å². The van der Waals surface area contributed by atoms with Gasteiger partial charge < -0.3 is 14.8 Å². The van der Waals surface area contributed by atoms with E-state index < -0.39 is 5.97 Å². The van der Waals surface area contributed by atoms with Crippen molar-refractivity contribution in [2.45, 2.75) is 24.5 Å². The van der Waals surface area contributed by atoms with Crippen LogP contribution in [0, 0.1) is 0 Å². The molecule has 126 valence electrons. The lowest BCUT2D eigenvalue weighted by Crippen LogP contribution is -2.34. The first kappa shape index (κ1) is 18.0. The zero-order valence-corrected chi connectivity index (χ0v) is 14.9. The highest BCUT2D eigenvalue weighted by atomic mass is 32.2. The van der Waals surface area contributed by atoms with E-state index in [0.717, 1.165) is 17.1 Å². The molecule has 1 amide bonds. The zero-order chi connectivity index (χ0) is 16.7. The van der Waals surface area contributed by atoms with Gasteiger partial charge in [0.05, 0.1) is 4.58 Å². The van der Waals surface area contributed by atoms with E-state index in [-0.39, 0.29) is 25.2 Å². The summed E-state index contributed by atoms with van der Waals surface area (Å²) in [5, 5.41) is 2.66. The third-order valence-corrected chi connectivity index (χ3v) is 6.02. The molecule has 0 saturated carbocycles. The summed E-state index contributed by atoms with van der Waals surface area (Å²) in [7, 11) is 0. The lowest BCUT2D eigenvalue weighted by Gasteiger charge is -2.15. The first-order chi connectivity index (χ1) is 11.1. The van der Waals surface area contributed by atoms with Crippen LogP contribution in [0.25, 0.3) is 0 Å². The van der Waals surface area contributed by atoms with Crippen LogP contribution in [0.3, 0.4) is 0 Å². The van der Waals surface area contributed by atoms with Crippen LogP contribution < -0.4 is 10.1 Å². The molecule has 0 aliphatic carbocycles. The van der Waals surface area contributed by atoms with Crippen molar-refractivity contribution in [2.75, 3.05) is 24.7 Å². The molecule has 23 heavy (non-hydrogen) atoms. The van der Waals surface area contributed by atoms with Gasteiger partial charge in [-0.05, 0) is 19.9 Å². The molecule has 1 aliphatic heterocycles. The predicted octanol–water partition coefficient (Wildman–Crippen LogP) is 2.61. The number of hydrogen-bond acceptors (Lipinski definition) is 6. The number of carbonyl (C=O) groups is 2. The molecule has 0 bridgehead atoms. The minimum atomic E-state index is -0.551. The van der Waals surface area contributed by atoms with Crippen molar-refractivity contribution in [1.29, 1.82) is 0 Å². The highest BCUT2D eigenvalue weighted by Gasteiger charge is 2.22. The van der Waals surface area contributed by atoms with E-state index in [1.807, 2.05) is 61.6 Å². The summed E-state index contributed by atoms with van der Waals surface area (Å²) >= 11 is 3.76. The van der Waals surface area contributed by atoms with Gasteiger partial charge in [0.2, 0.25) is 0 Å². The Morgan fingerprint density at radius 2 is 1.91 bits per heavy atom. The minimum absolute atomic E-state index is 0.0192. The molecular formula is C16H21NO4S2. The molecule has 1 N–H and O–H groups in total. The molecule has 1 aromatic carbocycles. The number of ether oxygens (including phenoxy) is 2. The number of rotatable bonds is 7. The molecule has 1 heterocycles. The van der Waals surface area contributed by atoms with Crippen LogP contribution in [0.15, 0.2) is 24.3 Å². The van der Waals surface area contributed by atoms with Crippen molar-refractivity contribution in [3.05, 3.63) is 29.8 Å². The maximum Gasteiger partial charge on any atom is 0.344 e. The Morgan fingerprint density at radius 1 is 1.22 bits per heavy atom. The number of thioether (sulfide) groups is 2. The lowest BCUT2D eigenvalue weighted by atomic mass is 10.2. The Hall–Kier alpha value is -1.34. The van der Waals surface area contributed by atoms with Crippen LogP contribution in [0.5, 0.6) is 5.75 Å². The second-order valence-electron chi connectivity index (χ2n) is 5.28. The number of esters is 1. The van der Waals surface area contributed by atoms with Crippen molar-refractivity contribution < 1.29 is 19.1 Å². The summed E-state index contributed by atoms with van der Waals surface area (Å²) in [6.45, 7) is 3.21. The fourth-order valence-electron chi connectivity index (χ4n) is 2.03. The number of amides is 1. The summed E-state index contributed by atoms with van der Waals surface area (Å²) in [6.07, 6.45) is 0. The van der Waals surface area contributed by atoms with Gasteiger partial charge in [0.25, 0.3) is 5.91 Å². The molecule has 7 heteroatoms. The molecule has 0 spiro atoms. The van der Waals surface area contributed by atoms with Crippen LogP contribution in [0.4, 0.5) is 0 Å². The third-order valence-electron chi connectivity index (χ3n) is 2.95. The normalized spacial score (nSPS) is 14.7. The van der Waals surface area contributed by atoms with E-state index in [1.165, 1.54) is 0 Å². The van der Waals surface area contributed by atoms with Gasteiger partial charge in [-0.2, -0.15) is 0 Å². The average molecular weight is 355 g/mol. The summed E-state index contributed by atoms with van der Waals surface area (Å²) in [5.41, 5.74) is 1.09. The molecule has 0 radical (unpaired) electrons. The Balaban J connectivity index is 1.81. The molecule has 1 aromatic rings. The van der Waals surface area contributed by atoms with Gasteiger partial charge in [-0.25, -0.2) is 4.79 Å². The van der Waals surface area contributed by atoms with Crippen molar-refractivity contribution in [3.63, 3.8) is 0 Å². The molecule has 2 rings (SSSR count). The van der Waals surface area contributed by atoms with Crippen molar-refractivity contribution in [3.8, 4) is 5.75 Å². The summed E-state index contributed by atoms with van der Waals surface area (Å²) in [4.78, 5) is 23.1. The first-order valence-electron chi connectivity index (χ1n) is 7.46. The predicted molar refractivity (Wildman–Crippen MR) is 93.8 cm³/mol. The third kappa shape index (κ3) is 5.99. The van der Waals surface area contributed by atoms with Gasteiger partial charge in [-0.15, -0.1) is 23.5 Å². The van der Waals surface area contributed by atoms with E-state index in [1.54, 1.807) is 0 Å². The number of nitrogens with one attached hydrogen (secondary N) is 1. The fraction of sp³-hybridized carbons (Fsp3) is 0.500. The van der Waals surface area contributed by atoms with Crippen LogP contribution in [-0.2, 0) is 14.3 Å². The molecule has 0 aromatic heterocycles. The SMILES string of the molecule is CC(C)NC(=O)COC(=O)COc1ccccc1C1SCCS1. The molecule has 1 fully saturated rings. The lowest BCUT2D eigenvalue weighted by molar-refractivity contribution is -0.150. The quantitative estimate of drug-likeness (QED) is 0.759. The maximum absolute atomic E-state index is 11.7. The van der Waals surface area contributed by atoms with Gasteiger partial charge >= 0.3 is 5.97 Å². The van der Waals surface area contributed by atoms with Gasteiger partial charge in [0.15, 0.2) is 13.2 Å².